The number of para-hydroxylation sites is 1. The monoisotopic (exact) mass is 362 g/mol. The van der Waals surface area contributed by atoms with Crippen LogP contribution in [0.15, 0.2) is 103 Å². The highest BCUT2D eigenvalue weighted by atomic mass is 16.5. The van der Waals surface area contributed by atoms with Crippen molar-refractivity contribution >= 4 is 28.8 Å². The minimum Gasteiger partial charge on any atom is -0.456 e. The molecule has 0 atom stereocenters. The van der Waals surface area contributed by atoms with Gasteiger partial charge in [-0.2, -0.15) is 0 Å². The van der Waals surface area contributed by atoms with Crippen LogP contribution in [0.1, 0.15) is 16.7 Å². The van der Waals surface area contributed by atoms with Crippen molar-refractivity contribution in [3.8, 4) is 0 Å². The highest BCUT2D eigenvalue weighted by molar-refractivity contribution is 6.14. The van der Waals surface area contributed by atoms with Crippen LogP contribution in [0.25, 0.3) is 16.9 Å². The van der Waals surface area contributed by atoms with Crippen LogP contribution >= 0.6 is 0 Å². The van der Waals surface area contributed by atoms with E-state index in [0.717, 1.165) is 28.2 Å². The Morgan fingerprint density at radius 1 is 0.679 bits per heavy atom. The summed E-state index contributed by atoms with van der Waals surface area (Å²) in [4.78, 5) is 0. The summed E-state index contributed by atoms with van der Waals surface area (Å²) in [5, 5.41) is 0. The smallest absolute Gasteiger partial charge is 0.213 e. The number of allylic oxidation sites excluding steroid dienone is 4. The van der Waals surface area contributed by atoms with E-state index in [9.17, 15) is 0 Å². The van der Waals surface area contributed by atoms with Crippen molar-refractivity contribution in [3.63, 3.8) is 0 Å². The molecule has 0 fully saturated rings. The average molecular weight is 362 g/mol. The minimum absolute atomic E-state index is 0.866. The van der Waals surface area contributed by atoms with E-state index in [0.29, 0.717) is 0 Å². The lowest BCUT2D eigenvalue weighted by molar-refractivity contribution is -0.395. The molecule has 28 heavy (non-hydrogen) atoms. The van der Waals surface area contributed by atoms with Gasteiger partial charge in [0.1, 0.15) is 18.6 Å². The maximum absolute atomic E-state index is 6.42. The van der Waals surface area contributed by atoms with Crippen LogP contribution in [0.5, 0.6) is 0 Å². The second kappa shape index (κ2) is 6.82. The molecule has 0 amide bonds. The Labute approximate surface area is 165 Å². The number of rotatable bonds is 2. The van der Waals surface area contributed by atoms with E-state index in [2.05, 4.69) is 90.7 Å². The summed E-state index contributed by atoms with van der Waals surface area (Å²) in [6, 6.07) is 29.2. The van der Waals surface area contributed by atoms with Gasteiger partial charge in [0.25, 0.3) is 0 Å². The van der Waals surface area contributed by atoms with Crippen molar-refractivity contribution in [1.29, 1.82) is 0 Å². The fourth-order valence-electron chi connectivity index (χ4n) is 3.71. The van der Waals surface area contributed by atoms with Crippen LogP contribution in [0.2, 0.25) is 0 Å². The van der Waals surface area contributed by atoms with Crippen LogP contribution in [0, 0.1) is 0 Å². The van der Waals surface area contributed by atoms with Gasteiger partial charge in [-0.25, -0.2) is 4.58 Å². The lowest BCUT2D eigenvalue weighted by Crippen LogP contribution is -2.02. The summed E-state index contributed by atoms with van der Waals surface area (Å²) in [6.45, 7) is 0. The Hall–Kier alpha value is -3.65. The molecule has 0 spiro atoms. The summed E-state index contributed by atoms with van der Waals surface area (Å²) in [7, 11) is 2.07. The van der Waals surface area contributed by atoms with E-state index in [-0.39, 0.29) is 0 Å². The van der Waals surface area contributed by atoms with E-state index < -0.39 is 0 Å². The summed E-state index contributed by atoms with van der Waals surface area (Å²) >= 11 is 0. The van der Waals surface area contributed by atoms with Crippen molar-refractivity contribution in [2.75, 3.05) is 7.05 Å². The predicted octanol–water partition coefficient (Wildman–Crippen LogP) is 5.91. The van der Waals surface area contributed by atoms with Gasteiger partial charge >= 0.3 is 0 Å². The topological polar surface area (TPSA) is 12.2 Å². The zero-order valence-electron chi connectivity index (χ0n) is 15.7. The van der Waals surface area contributed by atoms with Crippen molar-refractivity contribution in [2.24, 2.45) is 0 Å². The molecule has 2 nitrogen and oxygen atoms in total. The number of ether oxygens (including phenoxy) is 1. The molecule has 3 aromatic rings. The first-order chi connectivity index (χ1) is 13.8. The quantitative estimate of drug-likeness (QED) is 0.516. The molecule has 3 aromatic carbocycles. The first-order valence-electron chi connectivity index (χ1n) is 9.43. The van der Waals surface area contributed by atoms with Gasteiger partial charge in [0, 0.05) is 11.6 Å². The number of nitrogens with zero attached hydrogens (tertiary/aromatic N) is 1. The molecule has 2 aliphatic rings. The normalized spacial score (nSPS) is 18.0. The molecule has 0 radical (unpaired) electrons. The highest BCUT2D eigenvalue weighted by Crippen LogP contribution is 2.38. The van der Waals surface area contributed by atoms with Gasteiger partial charge in [0.15, 0.2) is 6.21 Å². The molecule has 0 aromatic heterocycles. The summed E-state index contributed by atoms with van der Waals surface area (Å²) in [5.74, 6) is 1.74. The largest absolute Gasteiger partial charge is 0.456 e. The van der Waals surface area contributed by atoms with Crippen molar-refractivity contribution in [2.45, 2.75) is 0 Å². The molecule has 5 rings (SSSR count). The van der Waals surface area contributed by atoms with Gasteiger partial charge < -0.3 is 4.74 Å². The first kappa shape index (κ1) is 16.5. The van der Waals surface area contributed by atoms with Gasteiger partial charge in [0.05, 0.1) is 11.1 Å². The summed E-state index contributed by atoms with van der Waals surface area (Å²) in [6.07, 6.45) is 6.41. The third-order valence-electron chi connectivity index (χ3n) is 5.12. The van der Waals surface area contributed by atoms with Crippen LogP contribution in [-0.4, -0.2) is 17.8 Å². The standard InChI is InChI=1S/C26H20NO/c1-27-18-23(22-14-8-9-15-24(22)27)26-17-21(19-10-4-2-5-11-19)16-25(28-26)20-12-6-3-7-13-20/h2-18H,1H3/q+1/b26-23+. The molecule has 0 bridgehead atoms. The Kier molecular flexibility index (Phi) is 4.02. The van der Waals surface area contributed by atoms with Crippen LogP contribution in [-0.2, 0) is 4.74 Å². The number of hydrogen-bond donors (Lipinski definition) is 0. The minimum atomic E-state index is 0.866. The molecule has 0 N–H and O–H groups in total. The fraction of sp³-hybridized carbons (Fsp3) is 0.0385. The predicted molar refractivity (Wildman–Crippen MR) is 115 cm³/mol. The molecule has 0 unspecified atom stereocenters. The third kappa shape index (κ3) is 2.89. The molecule has 2 heterocycles. The van der Waals surface area contributed by atoms with Crippen LogP contribution in [0.4, 0.5) is 5.69 Å². The Morgan fingerprint density at radius 2 is 1.32 bits per heavy atom. The zero-order valence-corrected chi connectivity index (χ0v) is 15.7. The molecular weight excluding hydrogens is 342 g/mol. The number of fused-ring (bicyclic) bond motifs is 1. The maximum atomic E-state index is 6.42. The molecule has 2 aliphatic heterocycles. The third-order valence-corrected chi connectivity index (χ3v) is 5.12. The second-order valence-corrected chi connectivity index (χ2v) is 6.98. The van der Waals surface area contributed by atoms with E-state index in [1.54, 1.807) is 0 Å². The SMILES string of the molecule is C[N+]1=C/C(=C2/C=C(c3ccccc3)C=C(c3ccccc3)O2)c2ccccc21. The van der Waals surface area contributed by atoms with Gasteiger partial charge in [-0.05, 0) is 29.4 Å². The molecule has 0 saturated heterocycles. The summed E-state index contributed by atoms with van der Waals surface area (Å²) in [5.41, 5.74) is 6.89. The van der Waals surface area contributed by atoms with Crippen molar-refractivity contribution in [3.05, 3.63) is 120 Å². The van der Waals surface area contributed by atoms with Crippen LogP contribution in [0.3, 0.4) is 0 Å². The second-order valence-electron chi connectivity index (χ2n) is 6.98. The maximum Gasteiger partial charge on any atom is 0.213 e. The fourth-order valence-corrected chi connectivity index (χ4v) is 3.71. The van der Waals surface area contributed by atoms with E-state index in [1.807, 2.05) is 24.3 Å². The highest BCUT2D eigenvalue weighted by Gasteiger charge is 2.28. The first-order valence-corrected chi connectivity index (χ1v) is 9.43. The lowest BCUT2D eigenvalue weighted by atomic mass is 9.98. The molecule has 2 heteroatoms. The van der Waals surface area contributed by atoms with Crippen molar-refractivity contribution < 1.29 is 9.31 Å². The molecular formula is C26H20NO+. The Morgan fingerprint density at radius 3 is 2.07 bits per heavy atom. The lowest BCUT2D eigenvalue weighted by Gasteiger charge is -2.19. The number of benzene rings is 3. The van der Waals surface area contributed by atoms with Crippen molar-refractivity contribution in [1.82, 2.24) is 0 Å². The van der Waals surface area contributed by atoms with E-state index in [1.165, 1.54) is 16.8 Å². The van der Waals surface area contributed by atoms with Crippen LogP contribution < -0.4 is 0 Å². The number of hydrogen-bond acceptors (Lipinski definition) is 1. The molecule has 134 valence electrons. The Balaban J connectivity index is 1.70. The van der Waals surface area contributed by atoms with E-state index in [4.69, 9.17) is 4.74 Å². The Bertz CT molecular complexity index is 1170. The molecule has 0 saturated carbocycles. The van der Waals surface area contributed by atoms with Gasteiger partial charge in [-0.1, -0.05) is 72.8 Å². The van der Waals surface area contributed by atoms with Gasteiger partial charge in [0.2, 0.25) is 5.69 Å². The molecule has 0 aliphatic carbocycles. The van der Waals surface area contributed by atoms with Gasteiger partial charge in [-0.3, -0.25) is 0 Å². The summed E-state index contributed by atoms with van der Waals surface area (Å²) < 4.78 is 8.57. The van der Waals surface area contributed by atoms with E-state index >= 15 is 0 Å². The zero-order chi connectivity index (χ0) is 18.9. The van der Waals surface area contributed by atoms with Gasteiger partial charge in [-0.15, -0.1) is 0 Å². The average Bonchev–Trinajstić information content (AvgIpc) is 3.12.